The quantitative estimate of drug-likeness (QED) is 0.634. The van der Waals surface area contributed by atoms with Crippen LogP contribution >= 0.6 is 23.2 Å². The van der Waals surface area contributed by atoms with E-state index in [1.54, 1.807) is 0 Å². The predicted octanol–water partition coefficient (Wildman–Crippen LogP) is 4.37. The lowest BCUT2D eigenvalue weighted by molar-refractivity contribution is -0.394. The van der Waals surface area contributed by atoms with E-state index in [2.05, 4.69) is 5.32 Å². The molecule has 8 nitrogen and oxygen atoms in total. The number of benzene rings is 2. The largest absolute Gasteiger partial charge is 0.321 e. The van der Waals surface area contributed by atoms with Gasteiger partial charge in [0.2, 0.25) is 0 Å². The Hall–Kier alpha value is -2.71. The van der Waals surface area contributed by atoms with Crippen LogP contribution in [0.4, 0.5) is 17.1 Å². The van der Waals surface area contributed by atoms with Crippen LogP contribution < -0.4 is 5.32 Å². The molecule has 0 heterocycles. The third-order valence-electron chi connectivity index (χ3n) is 3.19. The smallest absolute Gasteiger partial charge is 0.279 e. The fraction of sp³-hybridized carbons (Fsp3) is 0.0714. The Kier molecular flexibility index (Phi) is 5.01. The molecule has 0 aromatic heterocycles. The molecule has 0 atom stereocenters. The summed E-state index contributed by atoms with van der Waals surface area (Å²) in [7, 11) is 0. The van der Waals surface area contributed by atoms with Crippen molar-refractivity contribution in [2.24, 2.45) is 0 Å². The number of rotatable bonds is 4. The van der Waals surface area contributed by atoms with E-state index in [1.807, 2.05) is 0 Å². The van der Waals surface area contributed by atoms with Gasteiger partial charge >= 0.3 is 0 Å². The predicted molar refractivity (Wildman–Crippen MR) is 88.9 cm³/mol. The van der Waals surface area contributed by atoms with E-state index in [4.69, 9.17) is 23.2 Å². The zero-order chi connectivity index (χ0) is 18.0. The Morgan fingerprint density at radius 2 is 1.75 bits per heavy atom. The van der Waals surface area contributed by atoms with Crippen molar-refractivity contribution >= 4 is 46.2 Å². The second-order valence-electron chi connectivity index (χ2n) is 4.73. The third-order valence-corrected chi connectivity index (χ3v) is 3.76. The van der Waals surface area contributed by atoms with Gasteiger partial charge in [0.05, 0.1) is 32.2 Å². The monoisotopic (exact) mass is 369 g/mol. The average molecular weight is 370 g/mol. The number of non-ortho nitro benzene ring substituents is 1. The van der Waals surface area contributed by atoms with Crippen molar-refractivity contribution in [2.75, 3.05) is 5.32 Å². The van der Waals surface area contributed by atoms with Crippen molar-refractivity contribution in [1.29, 1.82) is 0 Å². The number of nitro benzene ring substituents is 2. The lowest BCUT2D eigenvalue weighted by Crippen LogP contribution is -2.15. The van der Waals surface area contributed by atoms with Crippen molar-refractivity contribution in [3.8, 4) is 0 Å². The summed E-state index contributed by atoms with van der Waals surface area (Å²) in [5, 5.41) is 24.9. The summed E-state index contributed by atoms with van der Waals surface area (Å²) in [5.74, 6) is -0.775. The lowest BCUT2D eigenvalue weighted by atomic mass is 10.0. The first-order valence-electron chi connectivity index (χ1n) is 6.40. The van der Waals surface area contributed by atoms with Gasteiger partial charge in [0.15, 0.2) is 0 Å². The van der Waals surface area contributed by atoms with Crippen molar-refractivity contribution in [3.05, 3.63) is 71.7 Å². The first-order valence-corrected chi connectivity index (χ1v) is 7.16. The molecule has 0 radical (unpaired) electrons. The van der Waals surface area contributed by atoms with Gasteiger partial charge in [-0.25, -0.2) is 0 Å². The molecule has 0 spiro atoms. The van der Waals surface area contributed by atoms with Crippen LogP contribution in [0.2, 0.25) is 10.0 Å². The number of hydrogen-bond acceptors (Lipinski definition) is 5. The second-order valence-corrected chi connectivity index (χ2v) is 5.57. The maximum absolute atomic E-state index is 12.4. The van der Waals surface area contributed by atoms with E-state index in [0.717, 1.165) is 12.1 Å². The maximum Gasteiger partial charge on any atom is 0.279 e. The van der Waals surface area contributed by atoms with E-state index in [9.17, 15) is 25.0 Å². The third kappa shape index (κ3) is 3.61. The zero-order valence-corrected chi connectivity index (χ0v) is 13.6. The van der Waals surface area contributed by atoms with Crippen molar-refractivity contribution in [3.63, 3.8) is 0 Å². The molecule has 0 bridgehead atoms. The van der Waals surface area contributed by atoms with Crippen LogP contribution in [0.1, 0.15) is 15.9 Å². The molecule has 0 aliphatic carbocycles. The van der Waals surface area contributed by atoms with Gasteiger partial charge < -0.3 is 5.32 Å². The van der Waals surface area contributed by atoms with Crippen molar-refractivity contribution in [2.45, 2.75) is 6.92 Å². The molecule has 2 rings (SSSR count). The van der Waals surface area contributed by atoms with Crippen LogP contribution in [0.15, 0.2) is 30.3 Å². The van der Waals surface area contributed by atoms with Crippen LogP contribution in [-0.4, -0.2) is 15.8 Å². The summed E-state index contributed by atoms with van der Waals surface area (Å²) in [6.45, 7) is 1.33. The molecule has 0 saturated heterocycles. The number of nitrogens with one attached hydrogen (secondary N) is 1. The molecule has 10 heteroatoms. The standard InChI is InChI=1S/C14H9Cl2N3O5/c1-7-10(5-9(18(21)22)6-13(7)19(23)24)14(20)17-12-4-8(15)2-3-11(12)16/h2-6H,1H3,(H,17,20). The topological polar surface area (TPSA) is 115 Å². The van der Waals surface area contributed by atoms with Gasteiger partial charge in [-0.15, -0.1) is 0 Å². The summed E-state index contributed by atoms with van der Waals surface area (Å²) >= 11 is 11.8. The highest BCUT2D eigenvalue weighted by molar-refractivity contribution is 6.35. The van der Waals surface area contributed by atoms with Crippen LogP contribution in [0, 0.1) is 27.2 Å². The first kappa shape index (κ1) is 17.6. The highest BCUT2D eigenvalue weighted by Gasteiger charge is 2.25. The van der Waals surface area contributed by atoms with Gasteiger partial charge in [0.1, 0.15) is 0 Å². The minimum absolute atomic E-state index is 0.00116. The molecule has 0 aliphatic heterocycles. The molecule has 0 fully saturated rings. The Morgan fingerprint density at radius 1 is 1.08 bits per heavy atom. The molecule has 24 heavy (non-hydrogen) atoms. The summed E-state index contributed by atoms with van der Waals surface area (Å²) in [6, 6.07) is 6.14. The summed E-state index contributed by atoms with van der Waals surface area (Å²) in [6.07, 6.45) is 0. The van der Waals surface area contributed by atoms with Gasteiger partial charge in [0.25, 0.3) is 17.3 Å². The fourth-order valence-corrected chi connectivity index (χ4v) is 2.33. The number of carbonyl (C=O) groups is 1. The SMILES string of the molecule is Cc1c(C(=O)Nc2cc(Cl)ccc2Cl)cc([N+](=O)[O-])cc1[N+](=O)[O-]. The number of amides is 1. The van der Waals surface area contributed by atoms with E-state index in [1.165, 1.54) is 25.1 Å². The molecular formula is C14H9Cl2N3O5. The summed E-state index contributed by atoms with van der Waals surface area (Å²) in [5.41, 5.74) is -1.10. The number of nitro groups is 2. The highest BCUT2D eigenvalue weighted by atomic mass is 35.5. The van der Waals surface area contributed by atoms with Crippen molar-refractivity contribution in [1.82, 2.24) is 0 Å². The number of nitrogens with zero attached hydrogens (tertiary/aromatic N) is 2. The molecule has 2 aromatic carbocycles. The Labute approximate surface area is 145 Å². The van der Waals surface area contributed by atoms with Gasteiger partial charge in [0, 0.05) is 16.7 Å². The van der Waals surface area contributed by atoms with Crippen molar-refractivity contribution < 1.29 is 14.6 Å². The first-order chi connectivity index (χ1) is 11.2. The molecule has 0 unspecified atom stereocenters. The van der Waals surface area contributed by atoms with E-state index < -0.39 is 27.1 Å². The second kappa shape index (κ2) is 6.81. The Morgan fingerprint density at radius 3 is 2.33 bits per heavy atom. The summed E-state index contributed by atoms with van der Waals surface area (Å²) < 4.78 is 0. The molecule has 0 aliphatic rings. The Bertz CT molecular complexity index is 870. The van der Waals surface area contributed by atoms with Crippen LogP contribution in [0.25, 0.3) is 0 Å². The number of halogens is 2. The van der Waals surface area contributed by atoms with E-state index in [0.29, 0.717) is 5.02 Å². The summed E-state index contributed by atoms with van der Waals surface area (Å²) in [4.78, 5) is 32.8. The normalized spacial score (nSPS) is 10.3. The molecule has 1 N–H and O–H groups in total. The molecule has 0 saturated carbocycles. The minimum Gasteiger partial charge on any atom is -0.321 e. The zero-order valence-electron chi connectivity index (χ0n) is 12.1. The van der Waals surface area contributed by atoms with Gasteiger partial charge in [-0.1, -0.05) is 23.2 Å². The fourth-order valence-electron chi connectivity index (χ4n) is 2.00. The van der Waals surface area contributed by atoms with Gasteiger partial charge in [-0.05, 0) is 25.1 Å². The van der Waals surface area contributed by atoms with Gasteiger partial charge in [-0.3, -0.25) is 25.0 Å². The van der Waals surface area contributed by atoms with E-state index >= 15 is 0 Å². The minimum atomic E-state index is -0.810. The van der Waals surface area contributed by atoms with Crippen LogP contribution in [0.3, 0.4) is 0 Å². The highest BCUT2D eigenvalue weighted by Crippen LogP contribution is 2.30. The average Bonchev–Trinajstić information content (AvgIpc) is 2.50. The number of hydrogen-bond donors (Lipinski definition) is 1. The van der Waals surface area contributed by atoms with Crippen LogP contribution in [0.5, 0.6) is 0 Å². The molecule has 1 amide bonds. The number of carbonyl (C=O) groups excluding carboxylic acids is 1. The number of anilines is 1. The molecule has 124 valence electrons. The Balaban J connectivity index is 2.50. The molecular weight excluding hydrogens is 361 g/mol. The van der Waals surface area contributed by atoms with E-state index in [-0.39, 0.29) is 21.8 Å². The molecule has 2 aromatic rings. The van der Waals surface area contributed by atoms with Crippen LogP contribution in [-0.2, 0) is 0 Å². The van der Waals surface area contributed by atoms with Gasteiger partial charge in [-0.2, -0.15) is 0 Å². The lowest BCUT2D eigenvalue weighted by Gasteiger charge is -2.10. The maximum atomic E-state index is 12.4.